The van der Waals surface area contributed by atoms with E-state index in [1.54, 1.807) is 24.3 Å². The molecule has 2 aromatic rings. The van der Waals surface area contributed by atoms with Crippen LogP contribution in [0.4, 0.5) is 39.5 Å². The molecule has 0 spiro atoms. The van der Waals surface area contributed by atoms with Crippen LogP contribution in [-0.4, -0.2) is 29.7 Å². The van der Waals surface area contributed by atoms with Crippen LogP contribution >= 0.6 is 0 Å². The summed E-state index contributed by atoms with van der Waals surface area (Å²) in [6.07, 6.45) is -5.25. The Kier molecular flexibility index (Phi) is 6.30. The molecule has 10 heteroatoms. The van der Waals surface area contributed by atoms with Crippen molar-refractivity contribution in [1.29, 1.82) is 0 Å². The van der Waals surface area contributed by atoms with Gasteiger partial charge in [0.25, 0.3) is 0 Å². The molecule has 0 aliphatic rings. The highest BCUT2D eigenvalue weighted by atomic mass is 19.4. The quantitative estimate of drug-likeness (QED) is 0.335. The number of Topliss-reactive ketones (excluding diaryl/α,β-unsaturated/α-hetero) is 1. The normalized spacial score (nSPS) is 13.4. The average molecular weight is 442 g/mol. The minimum absolute atomic E-state index is 0.394. The lowest BCUT2D eigenvalue weighted by Gasteiger charge is -2.32. The second kappa shape index (κ2) is 7.96. The molecule has 2 aromatic carbocycles. The van der Waals surface area contributed by atoms with Gasteiger partial charge in [-0.05, 0) is 23.1 Å². The Morgan fingerprint density at radius 3 is 1.53 bits per heavy atom. The van der Waals surface area contributed by atoms with Crippen LogP contribution in [0.1, 0.15) is 29.3 Å². The molecule has 0 amide bonds. The van der Waals surface area contributed by atoms with E-state index in [0.717, 1.165) is 30.5 Å². The van der Waals surface area contributed by atoms with Gasteiger partial charge in [0, 0.05) is 5.56 Å². The molecule has 0 saturated heterocycles. The Labute approximate surface area is 165 Å². The van der Waals surface area contributed by atoms with Crippen LogP contribution in [0.3, 0.4) is 0 Å². The first-order valence-corrected chi connectivity index (χ1v) is 8.61. The fraction of sp³-hybridized carbons (Fsp3) is 0.350. The average Bonchev–Trinajstić information content (AvgIpc) is 2.67. The van der Waals surface area contributed by atoms with E-state index in [9.17, 15) is 44.3 Å². The fourth-order valence-corrected chi connectivity index (χ4v) is 2.67. The molecule has 0 heterocycles. The van der Waals surface area contributed by atoms with Crippen LogP contribution in [0.25, 0.3) is 11.1 Å². The number of ketones is 1. The predicted molar refractivity (Wildman–Crippen MR) is 91.1 cm³/mol. The maximum atomic E-state index is 13.8. The lowest BCUT2D eigenvalue weighted by Crippen LogP contribution is -2.63. The van der Waals surface area contributed by atoms with Crippen molar-refractivity contribution in [3.05, 3.63) is 59.7 Å². The van der Waals surface area contributed by atoms with Crippen molar-refractivity contribution < 1.29 is 44.3 Å². The smallest absolute Gasteiger partial charge is 0.287 e. The van der Waals surface area contributed by atoms with Gasteiger partial charge in [-0.15, -0.1) is 0 Å². The van der Waals surface area contributed by atoms with Crippen LogP contribution in [0.15, 0.2) is 48.5 Å². The SMILES string of the molecule is CCCc1ccc(-c2ccc(C(=O)C(F)(F)C(F)(F)C(F)(F)C(F)(F)F)cc2)cc1. The van der Waals surface area contributed by atoms with Gasteiger partial charge in [-0.25, -0.2) is 0 Å². The summed E-state index contributed by atoms with van der Waals surface area (Å²) in [7, 11) is 0. The van der Waals surface area contributed by atoms with Crippen molar-refractivity contribution in [1.82, 2.24) is 0 Å². The third-order valence-corrected chi connectivity index (χ3v) is 4.40. The van der Waals surface area contributed by atoms with Gasteiger partial charge in [0.1, 0.15) is 0 Å². The van der Waals surface area contributed by atoms with Crippen molar-refractivity contribution in [2.75, 3.05) is 0 Å². The number of carbonyl (C=O) groups is 1. The van der Waals surface area contributed by atoms with Gasteiger partial charge in [-0.2, -0.15) is 39.5 Å². The topological polar surface area (TPSA) is 17.1 Å². The largest absolute Gasteiger partial charge is 0.460 e. The highest BCUT2D eigenvalue weighted by molar-refractivity contribution is 6.02. The molecule has 0 N–H and O–H groups in total. The molecular weight excluding hydrogens is 427 g/mol. The predicted octanol–water partition coefficient (Wildman–Crippen LogP) is 6.96. The minimum atomic E-state index is -7.11. The first-order valence-electron chi connectivity index (χ1n) is 8.61. The van der Waals surface area contributed by atoms with E-state index in [1.807, 2.05) is 6.92 Å². The van der Waals surface area contributed by atoms with Gasteiger partial charge in [-0.3, -0.25) is 4.79 Å². The zero-order valence-corrected chi connectivity index (χ0v) is 15.3. The number of halogens is 9. The first-order chi connectivity index (χ1) is 13.7. The molecule has 0 atom stereocenters. The Balaban J connectivity index is 2.32. The Morgan fingerprint density at radius 1 is 0.700 bits per heavy atom. The van der Waals surface area contributed by atoms with Gasteiger partial charge in [0.05, 0.1) is 0 Å². The Morgan fingerprint density at radius 2 is 1.13 bits per heavy atom. The molecule has 0 radical (unpaired) electrons. The third kappa shape index (κ3) is 4.04. The monoisotopic (exact) mass is 442 g/mol. The lowest BCUT2D eigenvalue weighted by molar-refractivity contribution is -0.386. The van der Waals surface area contributed by atoms with Gasteiger partial charge >= 0.3 is 23.9 Å². The molecule has 164 valence electrons. The number of hydrogen-bond acceptors (Lipinski definition) is 1. The summed E-state index contributed by atoms with van der Waals surface area (Å²) in [5, 5.41) is 0. The van der Waals surface area contributed by atoms with Crippen molar-refractivity contribution in [2.24, 2.45) is 0 Å². The van der Waals surface area contributed by atoms with Gasteiger partial charge in [-0.1, -0.05) is 61.9 Å². The summed E-state index contributed by atoms with van der Waals surface area (Å²) >= 11 is 0. The van der Waals surface area contributed by atoms with E-state index >= 15 is 0 Å². The summed E-state index contributed by atoms with van der Waals surface area (Å²) in [4.78, 5) is 11.7. The third-order valence-electron chi connectivity index (χ3n) is 4.40. The zero-order chi connectivity index (χ0) is 23.0. The summed E-state index contributed by atoms with van der Waals surface area (Å²) in [6.45, 7) is 1.98. The Hall–Kier alpha value is -2.52. The van der Waals surface area contributed by atoms with Crippen LogP contribution in [0.2, 0.25) is 0 Å². The molecule has 0 aliphatic heterocycles. The van der Waals surface area contributed by atoms with Crippen molar-refractivity contribution in [3.8, 4) is 11.1 Å². The van der Waals surface area contributed by atoms with Crippen molar-refractivity contribution in [3.63, 3.8) is 0 Å². The summed E-state index contributed by atoms with van der Waals surface area (Å²) in [5.41, 5.74) is 0.879. The molecule has 0 bridgehead atoms. The van der Waals surface area contributed by atoms with E-state index < -0.39 is 35.3 Å². The zero-order valence-electron chi connectivity index (χ0n) is 15.3. The molecule has 0 unspecified atom stereocenters. The Bertz CT molecular complexity index is 882. The van der Waals surface area contributed by atoms with E-state index in [0.29, 0.717) is 23.3 Å². The number of hydrogen-bond donors (Lipinski definition) is 0. The number of benzene rings is 2. The van der Waals surface area contributed by atoms with E-state index in [1.165, 1.54) is 0 Å². The van der Waals surface area contributed by atoms with Gasteiger partial charge < -0.3 is 0 Å². The lowest BCUT2D eigenvalue weighted by atomic mass is 9.94. The first kappa shape index (κ1) is 23.8. The molecule has 0 aliphatic carbocycles. The highest BCUT2D eigenvalue weighted by Gasteiger charge is 2.83. The van der Waals surface area contributed by atoms with Crippen LogP contribution in [-0.2, 0) is 6.42 Å². The van der Waals surface area contributed by atoms with E-state index in [2.05, 4.69) is 0 Å². The van der Waals surface area contributed by atoms with Crippen LogP contribution in [0.5, 0.6) is 0 Å². The van der Waals surface area contributed by atoms with Crippen molar-refractivity contribution >= 4 is 5.78 Å². The van der Waals surface area contributed by atoms with Crippen LogP contribution in [0, 0.1) is 0 Å². The maximum absolute atomic E-state index is 13.8. The highest BCUT2D eigenvalue weighted by Crippen LogP contribution is 2.53. The minimum Gasteiger partial charge on any atom is -0.287 e. The molecule has 1 nitrogen and oxygen atoms in total. The standard InChI is InChI=1S/C20H15F9O/c1-2-3-12-4-6-13(7-5-12)14-8-10-15(11-9-14)16(30)17(21,22)18(23,24)19(25,26)20(27,28)29/h4-11H,2-3H2,1H3. The molecule has 0 fully saturated rings. The van der Waals surface area contributed by atoms with E-state index in [-0.39, 0.29) is 0 Å². The summed E-state index contributed by atoms with van der Waals surface area (Å²) in [5.74, 6) is -23.2. The van der Waals surface area contributed by atoms with Gasteiger partial charge in [0.15, 0.2) is 0 Å². The van der Waals surface area contributed by atoms with E-state index in [4.69, 9.17) is 0 Å². The summed E-state index contributed by atoms with van der Waals surface area (Å²) < 4.78 is 117. The fourth-order valence-electron chi connectivity index (χ4n) is 2.67. The molecule has 30 heavy (non-hydrogen) atoms. The number of alkyl halides is 9. The number of carbonyl (C=O) groups excluding carboxylic acids is 1. The second-order valence-electron chi connectivity index (χ2n) is 6.57. The molecule has 0 saturated carbocycles. The van der Waals surface area contributed by atoms with Crippen molar-refractivity contribution in [2.45, 2.75) is 43.7 Å². The number of rotatable bonds is 7. The van der Waals surface area contributed by atoms with Gasteiger partial charge in [0.2, 0.25) is 5.78 Å². The van der Waals surface area contributed by atoms with Crippen LogP contribution < -0.4 is 0 Å². The molecule has 2 rings (SSSR count). The summed E-state index contributed by atoms with van der Waals surface area (Å²) in [6, 6.07) is 10.5. The maximum Gasteiger partial charge on any atom is 0.460 e. The second-order valence-corrected chi connectivity index (χ2v) is 6.57. The molecular formula is C20H15F9O. The number of aryl methyl sites for hydroxylation is 1. The molecule has 0 aromatic heterocycles.